The van der Waals surface area contributed by atoms with E-state index in [4.69, 9.17) is 0 Å². The van der Waals surface area contributed by atoms with E-state index in [1.807, 2.05) is 33.9 Å². The number of rotatable bonds is 1. The maximum absolute atomic E-state index is 12.8. The summed E-state index contributed by atoms with van der Waals surface area (Å²) in [7, 11) is -2.30. The SMILES string of the molecule is CC(C)(C)[Si](C)(C)n1nccc1C(F)(F)F. The molecule has 0 saturated heterocycles. The highest BCUT2D eigenvalue weighted by molar-refractivity contribution is 6.78. The van der Waals surface area contributed by atoms with E-state index in [-0.39, 0.29) is 5.04 Å². The van der Waals surface area contributed by atoms with E-state index in [1.165, 1.54) is 10.5 Å². The molecule has 92 valence electrons. The molecule has 1 aromatic rings. The molecular formula is C10H17F3N2Si. The fourth-order valence-electron chi connectivity index (χ4n) is 1.28. The number of hydrogen-bond donors (Lipinski definition) is 0. The number of nitrogens with zero attached hydrogens (tertiary/aromatic N) is 2. The zero-order valence-corrected chi connectivity index (χ0v) is 11.2. The normalized spacial score (nSPS) is 14.2. The number of halogens is 3. The van der Waals surface area contributed by atoms with Gasteiger partial charge in [-0.05, 0) is 24.2 Å². The molecule has 0 N–H and O–H groups in total. The van der Waals surface area contributed by atoms with Gasteiger partial charge in [-0.25, -0.2) is 0 Å². The summed E-state index contributed by atoms with van der Waals surface area (Å²) in [6, 6.07) is 1.04. The van der Waals surface area contributed by atoms with Gasteiger partial charge in [0, 0.05) is 6.20 Å². The minimum atomic E-state index is -4.33. The largest absolute Gasteiger partial charge is 0.432 e. The molecule has 6 heteroatoms. The molecule has 0 unspecified atom stereocenters. The van der Waals surface area contributed by atoms with Crippen molar-refractivity contribution in [2.75, 3.05) is 0 Å². The summed E-state index contributed by atoms with van der Waals surface area (Å²) in [4.78, 5) is 0. The van der Waals surface area contributed by atoms with Crippen molar-refractivity contribution in [2.45, 2.75) is 45.1 Å². The summed E-state index contributed by atoms with van der Waals surface area (Å²) in [5, 5.41) is 3.70. The summed E-state index contributed by atoms with van der Waals surface area (Å²) < 4.78 is 39.5. The third-order valence-corrected chi connectivity index (χ3v) is 8.38. The monoisotopic (exact) mass is 250 g/mol. The maximum Gasteiger partial charge on any atom is 0.432 e. The second-order valence-electron chi connectivity index (χ2n) is 5.44. The fraction of sp³-hybridized carbons (Fsp3) is 0.700. The fourth-order valence-corrected chi connectivity index (χ4v) is 3.08. The zero-order chi connectivity index (χ0) is 12.8. The van der Waals surface area contributed by atoms with Crippen LogP contribution >= 0.6 is 0 Å². The highest BCUT2D eigenvalue weighted by Gasteiger charge is 2.44. The Morgan fingerprint density at radius 3 is 2.06 bits per heavy atom. The average Bonchev–Trinajstić information content (AvgIpc) is 2.47. The molecule has 2 nitrogen and oxygen atoms in total. The number of alkyl halides is 3. The lowest BCUT2D eigenvalue weighted by Gasteiger charge is -2.37. The average molecular weight is 250 g/mol. The van der Waals surface area contributed by atoms with E-state index in [1.54, 1.807) is 0 Å². The molecule has 0 spiro atoms. The molecule has 1 rings (SSSR count). The van der Waals surface area contributed by atoms with Crippen LogP contribution in [0.2, 0.25) is 18.1 Å². The molecule has 0 fully saturated rings. The van der Waals surface area contributed by atoms with Gasteiger partial charge in [-0.1, -0.05) is 20.8 Å². The Morgan fingerprint density at radius 1 is 1.19 bits per heavy atom. The van der Waals surface area contributed by atoms with Crippen LogP contribution in [0.25, 0.3) is 0 Å². The van der Waals surface area contributed by atoms with Crippen LogP contribution in [0, 0.1) is 0 Å². The Kier molecular flexibility index (Phi) is 3.00. The molecule has 0 radical (unpaired) electrons. The quantitative estimate of drug-likeness (QED) is 0.694. The molecule has 0 amide bonds. The van der Waals surface area contributed by atoms with Crippen LogP contribution in [-0.4, -0.2) is 17.7 Å². The van der Waals surface area contributed by atoms with Gasteiger partial charge in [-0.15, -0.1) is 0 Å². The topological polar surface area (TPSA) is 17.8 Å². The molecule has 0 atom stereocenters. The van der Waals surface area contributed by atoms with Gasteiger partial charge < -0.3 is 0 Å². The minimum Gasteiger partial charge on any atom is -0.290 e. The van der Waals surface area contributed by atoms with Crippen LogP contribution in [0.15, 0.2) is 12.3 Å². The second-order valence-corrected chi connectivity index (χ2v) is 10.5. The first kappa shape index (κ1) is 13.3. The van der Waals surface area contributed by atoms with Crippen molar-refractivity contribution >= 4 is 8.24 Å². The smallest absolute Gasteiger partial charge is 0.290 e. The lowest BCUT2D eigenvalue weighted by Crippen LogP contribution is -2.48. The van der Waals surface area contributed by atoms with Gasteiger partial charge in [0.05, 0.1) is 0 Å². The van der Waals surface area contributed by atoms with Crippen LogP contribution in [0.4, 0.5) is 13.2 Å². The Bertz CT molecular complexity index is 374. The third-order valence-electron chi connectivity index (χ3n) is 3.30. The highest BCUT2D eigenvalue weighted by atomic mass is 28.3. The van der Waals surface area contributed by atoms with E-state index < -0.39 is 20.1 Å². The molecule has 0 bridgehead atoms. The number of hydrogen-bond acceptors (Lipinski definition) is 1. The van der Waals surface area contributed by atoms with Gasteiger partial charge in [0.25, 0.3) is 0 Å². The van der Waals surface area contributed by atoms with Crippen molar-refractivity contribution in [3.05, 3.63) is 18.0 Å². The first-order valence-corrected chi connectivity index (χ1v) is 8.04. The van der Waals surface area contributed by atoms with Crippen molar-refractivity contribution in [2.24, 2.45) is 0 Å². The second kappa shape index (κ2) is 3.61. The zero-order valence-electron chi connectivity index (χ0n) is 10.2. The van der Waals surface area contributed by atoms with Crippen molar-refractivity contribution in [1.82, 2.24) is 9.45 Å². The van der Waals surface area contributed by atoms with Crippen molar-refractivity contribution in [3.63, 3.8) is 0 Å². The van der Waals surface area contributed by atoms with Gasteiger partial charge in [0.15, 0.2) is 8.24 Å². The lowest BCUT2D eigenvalue weighted by molar-refractivity contribution is -0.142. The predicted molar refractivity (Wildman–Crippen MR) is 59.8 cm³/mol. The van der Waals surface area contributed by atoms with Crippen LogP contribution in [-0.2, 0) is 6.18 Å². The molecule has 0 aliphatic carbocycles. The highest BCUT2D eigenvalue weighted by Crippen LogP contribution is 2.39. The first-order chi connectivity index (χ1) is 6.98. The minimum absolute atomic E-state index is 0.182. The summed E-state index contributed by atoms with van der Waals surface area (Å²) in [6.07, 6.45) is -3.10. The van der Waals surface area contributed by atoms with Gasteiger partial charge >= 0.3 is 6.18 Å². The Hall–Kier alpha value is -0.783. The van der Waals surface area contributed by atoms with Crippen molar-refractivity contribution in [3.8, 4) is 0 Å². The molecule has 0 saturated carbocycles. The summed E-state index contributed by atoms with van der Waals surface area (Å²) in [5.74, 6) is 0. The predicted octanol–water partition coefficient (Wildman–Crippen LogP) is 3.76. The Balaban J connectivity index is 3.31. The molecule has 0 aliphatic heterocycles. The first-order valence-electron chi connectivity index (χ1n) is 5.09. The summed E-state index contributed by atoms with van der Waals surface area (Å²) >= 11 is 0. The lowest BCUT2D eigenvalue weighted by atomic mass is 10.2. The standard InChI is InChI=1S/C10H17F3N2Si/c1-9(2,3)16(4,5)15-8(6-7-14-15)10(11,12)13/h6-7H,1-5H3. The Morgan fingerprint density at radius 2 is 1.69 bits per heavy atom. The van der Waals surface area contributed by atoms with Gasteiger partial charge in [0.1, 0.15) is 5.69 Å². The summed E-state index contributed by atoms with van der Waals surface area (Å²) in [6.45, 7) is 9.67. The maximum atomic E-state index is 12.8. The van der Waals surface area contributed by atoms with E-state index in [9.17, 15) is 13.2 Å². The van der Waals surface area contributed by atoms with Gasteiger partial charge in [0.2, 0.25) is 0 Å². The van der Waals surface area contributed by atoms with Crippen molar-refractivity contribution in [1.29, 1.82) is 0 Å². The van der Waals surface area contributed by atoms with Crippen molar-refractivity contribution < 1.29 is 13.2 Å². The van der Waals surface area contributed by atoms with Crippen LogP contribution in [0.3, 0.4) is 0 Å². The van der Waals surface area contributed by atoms with Crippen LogP contribution in [0.5, 0.6) is 0 Å². The molecule has 16 heavy (non-hydrogen) atoms. The van der Waals surface area contributed by atoms with E-state index in [2.05, 4.69) is 5.10 Å². The Labute approximate surface area is 94.6 Å². The van der Waals surface area contributed by atoms with Crippen LogP contribution in [0.1, 0.15) is 26.5 Å². The molecule has 0 aliphatic rings. The molecular weight excluding hydrogens is 233 g/mol. The third kappa shape index (κ3) is 2.16. The van der Waals surface area contributed by atoms with Crippen LogP contribution < -0.4 is 0 Å². The molecule has 0 aromatic carbocycles. The molecule has 1 heterocycles. The van der Waals surface area contributed by atoms with Gasteiger partial charge in [-0.3, -0.25) is 4.35 Å². The van der Waals surface area contributed by atoms with E-state index >= 15 is 0 Å². The van der Waals surface area contributed by atoms with E-state index in [0.29, 0.717) is 0 Å². The number of aromatic nitrogens is 2. The van der Waals surface area contributed by atoms with E-state index in [0.717, 1.165) is 6.07 Å². The van der Waals surface area contributed by atoms with Gasteiger partial charge in [-0.2, -0.15) is 18.3 Å². The summed E-state index contributed by atoms with van der Waals surface area (Å²) in [5.41, 5.74) is -0.640. The molecule has 1 aromatic heterocycles.